The third-order valence-corrected chi connectivity index (χ3v) is 7.13. The summed E-state index contributed by atoms with van der Waals surface area (Å²) in [5.41, 5.74) is 12.1. The summed E-state index contributed by atoms with van der Waals surface area (Å²) in [6.07, 6.45) is 0.750. The van der Waals surface area contributed by atoms with Gasteiger partial charge in [-0.05, 0) is 64.4 Å². The maximum atomic E-state index is 12.8. The van der Waals surface area contributed by atoms with Gasteiger partial charge in [0.25, 0.3) is 14.1 Å². The molecule has 1 unspecified atom stereocenters. The van der Waals surface area contributed by atoms with E-state index in [4.69, 9.17) is 10.3 Å². The summed E-state index contributed by atoms with van der Waals surface area (Å²) in [5.74, 6) is -0.200. The molecule has 4 N–H and O–H groups in total. The zero-order chi connectivity index (χ0) is 23.9. The topological polar surface area (TPSA) is 93.4 Å². The Morgan fingerprint density at radius 1 is 0.971 bits per heavy atom. The van der Waals surface area contributed by atoms with Gasteiger partial charge in [0.2, 0.25) is 0 Å². The first-order valence-electron chi connectivity index (χ1n) is 10.7. The van der Waals surface area contributed by atoms with E-state index in [2.05, 4.69) is 10.4 Å². The number of anilines is 2. The molecule has 0 aliphatic rings. The van der Waals surface area contributed by atoms with Crippen LogP contribution < -0.4 is 16.1 Å². The number of benzene rings is 3. The molecule has 6 nitrogen and oxygen atoms in total. The molecule has 0 radical (unpaired) electrons. The highest BCUT2D eigenvalue weighted by Crippen LogP contribution is 2.30. The molecular weight excluding hydrogens is 465 g/mol. The number of nitrogens with two attached hydrogens (primary N) is 1. The van der Waals surface area contributed by atoms with Crippen LogP contribution >= 0.6 is 19.5 Å². The number of thiophene rings is 1. The molecule has 1 heterocycles. The van der Waals surface area contributed by atoms with Crippen LogP contribution in [0.15, 0.2) is 84.2 Å². The molecule has 174 valence electrons. The number of amides is 1. The van der Waals surface area contributed by atoms with Crippen LogP contribution in [0.2, 0.25) is 0 Å². The van der Waals surface area contributed by atoms with Crippen molar-refractivity contribution in [3.8, 4) is 10.4 Å². The van der Waals surface area contributed by atoms with E-state index in [1.165, 1.54) is 7.11 Å². The SMILES string of the molecule is CO[PH](=O)NCc1ccc(Cc2ccc(C(=O)Nc3cc(-c4cccs4)ccc3N)cc2)cc1. The Morgan fingerprint density at radius 2 is 1.65 bits per heavy atom. The number of carbonyl (C=O) groups is 1. The second-order valence-corrected chi connectivity index (χ2v) is 10.1. The van der Waals surface area contributed by atoms with Crippen LogP contribution in [0.3, 0.4) is 0 Å². The Hall–Kier alpha value is -3.22. The van der Waals surface area contributed by atoms with E-state index in [-0.39, 0.29) is 5.91 Å². The zero-order valence-electron chi connectivity index (χ0n) is 18.7. The van der Waals surface area contributed by atoms with Gasteiger partial charge < -0.3 is 15.6 Å². The molecule has 0 aliphatic carbocycles. The van der Waals surface area contributed by atoms with Crippen molar-refractivity contribution in [2.24, 2.45) is 0 Å². The first-order valence-corrected chi connectivity index (χ1v) is 12.9. The Labute approximate surface area is 203 Å². The largest absolute Gasteiger partial charge is 0.397 e. The molecule has 0 fully saturated rings. The Morgan fingerprint density at radius 3 is 2.29 bits per heavy atom. The molecule has 34 heavy (non-hydrogen) atoms. The first kappa shape index (κ1) is 23.9. The summed E-state index contributed by atoms with van der Waals surface area (Å²) in [5, 5.41) is 7.80. The van der Waals surface area contributed by atoms with Gasteiger partial charge in [-0.3, -0.25) is 9.36 Å². The lowest BCUT2D eigenvalue weighted by Crippen LogP contribution is -2.13. The second-order valence-electron chi connectivity index (χ2n) is 7.77. The fraction of sp³-hybridized carbons (Fsp3) is 0.115. The van der Waals surface area contributed by atoms with E-state index in [0.29, 0.717) is 23.5 Å². The Bertz CT molecular complexity index is 1270. The van der Waals surface area contributed by atoms with Gasteiger partial charge in [-0.25, -0.2) is 5.09 Å². The van der Waals surface area contributed by atoms with Crippen molar-refractivity contribution in [2.45, 2.75) is 13.0 Å². The summed E-state index contributed by atoms with van der Waals surface area (Å²) in [4.78, 5) is 13.9. The molecule has 3 aromatic carbocycles. The van der Waals surface area contributed by atoms with Gasteiger partial charge in [0.05, 0.1) is 11.4 Å². The number of hydrogen-bond donors (Lipinski definition) is 3. The number of hydrogen-bond acceptors (Lipinski definition) is 5. The summed E-state index contributed by atoms with van der Waals surface area (Å²) in [6.45, 7) is 0.497. The molecule has 1 atom stereocenters. The molecule has 1 amide bonds. The van der Waals surface area contributed by atoms with Crippen molar-refractivity contribution in [1.82, 2.24) is 5.09 Å². The van der Waals surface area contributed by atoms with Gasteiger partial charge in [0.15, 0.2) is 0 Å². The van der Waals surface area contributed by atoms with E-state index in [9.17, 15) is 9.36 Å². The average Bonchev–Trinajstić information content (AvgIpc) is 3.40. The summed E-state index contributed by atoms with van der Waals surface area (Å²) >= 11 is 1.64. The molecule has 0 saturated heterocycles. The molecule has 8 heteroatoms. The monoisotopic (exact) mass is 491 g/mol. The van der Waals surface area contributed by atoms with Gasteiger partial charge in [-0.1, -0.05) is 48.5 Å². The number of carbonyl (C=O) groups excluding carboxylic acids is 1. The highest BCUT2D eigenvalue weighted by atomic mass is 32.1. The predicted octanol–water partition coefficient (Wildman–Crippen LogP) is 5.97. The van der Waals surface area contributed by atoms with Crippen molar-refractivity contribution >= 4 is 36.8 Å². The van der Waals surface area contributed by atoms with E-state index in [0.717, 1.165) is 33.6 Å². The average molecular weight is 492 g/mol. The fourth-order valence-electron chi connectivity index (χ4n) is 3.49. The van der Waals surface area contributed by atoms with E-state index in [1.54, 1.807) is 11.3 Å². The smallest absolute Gasteiger partial charge is 0.258 e. The van der Waals surface area contributed by atoms with E-state index >= 15 is 0 Å². The standard InChI is InChI=1S/C26H26N3O3PS/c1-32-33(31)28-17-20-6-4-18(5-7-20)15-19-8-10-21(11-9-19)26(30)29-24-16-22(12-13-23(24)27)25-3-2-14-34-25/h2-14,16,33H,15,17,27H2,1H3,(H,28,31)(H,29,30). The first-order chi connectivity index (χ1) is 16.5. The molecule has 4 rings (SSSR count). The number of rotatable bonds is 9. The van der Waals surface area contributed by atoms with Crippen molar-refractivity contribution in [1.29, 1.82) is 0 Å². The molecule has 0 bridgehead atoms. The maximum Gasteiger partial charge on any atom is 0.258 e. The summed E-state index contributed by atoms with van der Waals surface area (Å²) < 4.78 is 16.1. The van der Waals surface area contributed by atoms with Crippen LogP contribution in [-0.4, -0.2) is 13.0 Å². The van der Waals surface area contributed by atoms with Gasteiger partial charge >= 0.3 is 0 Å². The molecule has 0 spiro atoms. The molecule has 0 aliphatic heterocycles. The van der Waals surface area contributed by atoms with Crippen LogP contribution in [0.5, 0.6) is 0 Å². The minimum absolute atomic E-state index is 0.200. The zero-order valence-corrected chi connectivity index (χ0v) is 20.5. The quantitative estimate of drug-likeness (QED) is 0.198. The van der Waals surface area contributed by atoms with Crippen LogP contribution in [0.4, 0.5) is 11.4 Å². The van der Waals surface area contributed by atoms with Crippen molar-refractivity contribution in [3.05, 3.63) is 106 Å². The van der Waals surface area contributed by atoms with Crippen LogP contribution in [0.25, 0.3) is 10.4 Å². The van der Waals surface area contributed by atoms with Crippen LogP contribution in [0, 0.1) is 0 Å². The highest BCUT2D eigenvalue weighted by molar-refractivity contribution is 7.36. The van der Waals surface area contributed by atoms with Crippen molar-refractivity contribution in [3.63, 3.8) is 0 Å². The van der Waals surface area contributed by atoms with E-state index < -0.39 is 8.18 Å². The van der Waals surface area contributed by atoms with Gasteiger partial charge in [0.1, 0.15) is 0 Å². The van der Waals surface area contributed by atoms with Gasteiger partial charge in [0, 0.05) is 24.1 Å². The lowest BCUT2D eigenvalue weighted by atomic mass is 10.0. The summed E-state index contributed by atoms with van der Waals surface area (Å²) in [6, 6.07) is 25.4. The van der Waals surface area contributed by atoms with Crippen molar-refractivity contribution in [2.75, 3.05) is 18.2 Å². The minimum atomic E-state index is -2.17. The van der Waals surface area contributed by atoms with E-state index in [1.807, 2.05) is 84.2 Å². The molecular formula is C26H26N3O3PS. The van der Waals surface area contributed by atoms with Crippen molar-refractivity contribution < 1.29 is 13.9 Å². The van der Waals surface area contributed by atoms with Gasteiger partial charge in [-0.15, -0.1) is 11.3 Å². The highest BCUT2D eigenvalue weighted by Gasteiger charge is 2.10. The lowest BCUT2D eigenvalue weighted by Gasteiger charge is -2.11. The summed E-state index contributed by atoms with van der Waals surface area (Å²) in [7, 11) is -0.747. The Balaban J connectivity index is 1.38. The van der Waals surface area contributed by atoms with Gasteiger partial charge in [-0.2, -0.15) is 0 Å². The van der Waals surface area contributed by atoms with Crippen LogP contribution in [0.1, 0.15) is 27.0 Å². The molecule has 4 aromatic rings. The third-order valence-electron chi connectivity index (χ3n) is 5.38. The maximum absolute atomic E-state index is 12.8. The number of nitrogens with one attached hydrogen (secondary N) is 2. The normalized spacial score (nSPS) is 11.8. The Kier molecular flexibility index (Phi) is 7.93. The minimum Gasteiger partial charge on any atom is -0.397 e. The molecule has 0 saturated carbocycles. The second kappa shape index (κ2) is 11.3. The third kappa shape index (κ3) is 6.22. The predicted molar refractivity (Wildman–Crippen MR) is 141 cm³/mol. The number of nitrogen functional groups attached to an aromatic ring is 1. The van der Waals surface area contributed by atoms with Crippen LogP contribution in [-0.2, 0) is 22.1 Å². The molecule has 1 aromatic heterocycles. The lowest BCUT2D eigenvalue weighted by molar-refractivity contribution is 0.102. The fourth-order valence-corrected chi connectivity index (χ4v) is 4.70.